The van der Waals surface area contributed by atoms with Crippen LogP contribution in [0.2, 0.25) is 0 Å². The van der Waals surface area contributed by atoms with Gasteiger partial charge in [-0.25, -0.2) is 13.1 Å². The second kappa shape index (κ2) is 8.41. The summed E-state index contributed by atoms with van der Waals surface area (Å²) in [7, 11) is -3.74. The number of aromatic nitrogens is 2. The van der Waals surface area contributed by atoms with E-state index in [-0.39, 0.29) is 16.6 Å². The Kier molecular flexibility index (Phi) is 5.94. The Morgan fingerprint density at radius 2 is 1.84 bits per heavy atom. The molecular formula is C24H31N3O4S. The van der Waals surface area contributed by atoms with Gasteiger partial charge in [0.2, 0.25) is 10.0 Å². The van der Waals surface area contributed by atoms with Crippen LogP contribution in [0.25, 0.3) is 16.8 Å². The zero-order valence-corrected chi connectivity index (χ0v) is 19.9. The molecule has 0 atom stereocenters. The maximum Gasteiger partial charge on any atom is 0.272 e. The van der Waals surface area contributed by atoms with Gasteiger partial charge in [-0.05, 0) is 83.2 Å². The Bertz CT molecular complexity index is 1290. The van der Waals surface area contributed by atoms with E-state index in [2.05, 4.69) is 9.71 Å². The summed E-state index contributed by atoms with van der Waals surface area (Å²) >= 11 is 0. The van der Waals surface area contributed by atoms with Crippen LogP contribution in [-0.4, -0.2) is 29.4 Å². The minimum atomic E-state index is -3.74. The number of fused-ring (bicyclic) bond motifs is 1. The molecule has 1 aliphatic rings. The third-order valence-corrected chi connectivity index (χ3v) is 7.46. The van der Waals surface area contributed by atoms with Gasteiger partial charge in [-0.3, -0.25) is 4.79 Å². The van der Waals surface area contributed by atoms with E-state index in [1.54, 1.807) is 35.0 Å². The summed E-state index contributed by atoms with van der Waals surface area (Å²) in [4.78, 5) is 15.3. The summed E-state index contributed by atoms with van der Waals surface area (Å²) in [5.74, 6) is 0.631. The highest BCUT2D eigenvalue weighted by atomic mass is 32.2. The van der Waals surface area contributed by atoms with Gasteiger partial charge in [0.1, 0.15) is 11.3 Å². The molecule has 1 saturated carbocycles. The van der Waals surface area contributed by atoms with Crippen molar-refractivity contribution in [1.29, 1.82) is 0 Å². The van der Waals surface area contributed by atoms with E-state index in [1.165, 1.54) is 6.42 Å². The first kappa shape index (κ1) is 22.6. The number of rotatable bonds is 5. The molecule has 0 saturated heterocycles. The lowest BCUT2D eigenvalue weighted by Gasteiger charge is -2.25. The van der Waals surface area contributed by atoms with Crippen LogP contribution in [0.3, 0.4) is 0 Å². The van der Waals surface area contributed by atoms with Gasteiger partial charge in [0, 0.05) is 23.5 Å². The van der Waals surface area contributed by atoms with Crippen LogP contribution >= 0.6 is 0 Å². The first-order valence-electron chi connectivity index (χ1n) is 11.1. The fourth-order valence-electron chi connectivity index (χ4n) is 4.36. The summed E-state index contributed by atoms with van der Waals surface area (Å²) < 4.78 is 37.0. The second-order valence-electron chi connectivity index (χ2n) is 9.61. The average molecular weight is 458 g/mol. The van der Waals surface area contributed by atoms with E-state index in [1.807, 2.05) is 33.8 Å². The molecule has 1 aromatic carbocycles. The molecule has 0 spiro atoms. The minimum absolute atomic E-state index is 0.105. The Balaban J connectivity index is 1.88. The Morgan fingerprint density at radius 1 is 1.12 bits per heavy atom. The third-order valence-electron chi connectivity index (χ3n) is 5.70. The van der Waals surface area contributed by atoms with Crippen molar-refractivity contribution < 1.29 is 13.2 Å². The van der Waals surface area contributed by atoms with Crippen LogP contribution in [0.4, 0.5) is 0 Å². The summed E-state index contributed by atoms with van der Waals surface area (Å²) in [5, 5.41) is 0. The molecule has 2 aromatic heterocycles. The fourth-order valence-corrected chi connectivity index (χ4v) is 5.81. The number of hydrogen-bond donors (Lipinski definition) is 2. The van der Waals surface area contributed by atoms with Crippen molar-refractivity contribution in [2.24, 2.45) is 0 Å². The molecule has 2 N–H and O–H groups in total. The second-order valence-corrected chi connectivity index (χ2v) is 11.3. The highest BCUT2D eigenvalue weighted by Gasteiger charge is 2.25. The van der Waals surface area contributed by atoms with Gasteiger partial charge in [0.15, 0.2) is 0 Å². The average Bonchev–Trinajstić information content (AvgIpc) is 3.05. The molecule has 0 bridgehead atoms. The predicted molar refractivity (Wildman–Crippen MR) is 126 cm³/mol. The molecule has 0 unspecified atom stereocenters. The number of ether oxygens (including phenoxy) is 1. The Labute approximate surface area is 188 Å². The fraction of sp³-hybridized carbons (Fsp3) is 0.458. The van der Waals surface area contributed by atoms with Crippen LogP contribution in [0.15, 0.2) is 46.3 Å². The zero-order valence-electron chi connectivity index (χ0n) is 19.1. The Hall–Kier alpha value is -2.58. The van der Waals surface area contributed by atoms with Gasteiger partial charge in [-0.2, -0.15) is 0 Å². The highest BCUT2D eigenvalue weighted by Crippen LogP contribution is 2.36. The molecule has 0 radical (unpaired) electrons. The number of aryl methyl sites for hydroxylation is 1. The molecule has 8 heteroatoms. The van der Waals surface area contributed by atoms with Crippen molar-refractivity contribution in [3.05, 3.63) is 52.6 Å². The largest absolute Gasteiger partial charge is 0.490 e. The first-order valence-corrected chi connectivity index (χ1v) is 12.6. The standard InChI is InChI=1S/C24H31N3O4S/c1-16-14-20(27-13-12-25-23(28)22(16)27)19-15-18(32(29,30)26-24(2,3)4)10-11-21(19)31-17-8-6-5-7-9-17/h10-15,17,26H,5-9H2,1-4H3,(H,25,28). The molecule has 172 valence electrons. The lowest BCUT2D eigenvalue weighted by atomic mass is 9.97. The first-order chi connectivity index (χ1) is 15.0. The zero-order chi connectivity index (χ0) is 23.1. The molecule has 2 heterocycles. The minimum Gasteiger partial charge on any atom is -0.490 e. The molecule has 1 aliphatic carbocycles. The van der Waals surface area contributed by atoms with E-state index in [0.717, 1.165) is 36.9 Å². The lowest BCUT2D eigenvalue weighted by molar-refractivity contribution is 0.155. The Morgan fingerprint density at radius 3 is 2.53 bits per heavy atom. The summed E-state index contributed by atoms with van der Waals surface area (Å²) in [6.07, 6.45) is 8.91. The van der Waals surface area contributed by atoms with Crippen LogP contribution in [-0.2, 0) is 10.0 Å². The molecule has 7 nitrogen and oxygen atoms in total. The van der Waals surface area contributed by atoms with E-state index in [9.17, 15) is 13.2 Å². The van der Waals surface area contributed by atoms with E-state index in [0.29, 0.717) is 16.8 Å². The van der Waals surface area contributed by atoms with Gasteiger partial charge < -0.3 is 14.1 Å². The van der Waals surface area contributed by atoms with Gasteiger partial charge in [0.05, 0.1) is 16.7 Å². The van der Waals surface area contributed by atoms with E-state index >= 15 is 0 Å². The maximum atomic E-state index is 13.0. The quantitative estimate of drug-likeness (QED) is 0.594. The predicted octanol–water partition coefficient (Wildman–Crippen LogP) is 4.39. The third kappa shape index (κ3) is 4.61. The molecule has 0 aliphatic heterocycles. The van der Waals surface area contributed by atoms with E-state index < -0.39 is 15.6 Å². The SMILES string of the molecule is Cc1cc(-c2cc(S(=O)(=O)NC(C)(C)C)ccc2OC2CCCCC2)n2cc[nH]c(=O)c12. The van der Waals surface area contributed by atoms with Crippen molar-refractivity contribution >= 4 is 15.5 Å². The maximum absolute atomic E-state index is 13.0. The molecule has 4 rings (SSSR count). The lowest BCUT2D eigenvalue weighted by Crippen LogP contribution is -2.40. The highest BCUT2D eigenvalue weighted by molar-refractivity contribution is 7.89. The van der Waals surface area contributed by atoms with Gasteiger partial charge >= 0.3 is 0 Å². The van der Waals surface area contributed by atoms with Gasteiger partial charge in [-0.1, -0.05) is 6.42 Å². The van der Waals surface area contributed by atoms with Crippen LogP contribution in [0, 0.1) is 6.92 Å². The number of sulfonamides is 1. The van der Waals surface area contributed by atoms with Crippen LogP contribution in [0.1, 0.15) is 58.4 Å². The molecule has 1 fully saturated rings. The normalized spacial score (nSPS) is 15.9. The van der Waals surface area contributed by atoms with Crippen LogP contribution in [0.5, 0.6) is 5.75 Å². The number of benzene rings is 1. The van der Waals surface area contributed by atoms with Crippen molar-refractivity contribution in [3.63, 3.8) is 0 Å². The number of nitrogens with one attached hydrogen (secondary N) is 2. The topological polar surface area (TPSA) is 92.7 Å². The van der Waals surface area contributed by atoms with Crippen molar-refractivity contribution in [1.82, 2.24) is 14.1 Å². The smallest absolute Gasteiger partial charge is 0.272 e. The number of nitrogens with zero attached hydrogens (tertiary/aromatic N) is 1. The number of hydrogen-bond acceptors (Lipinski definition) is 4. The van der Waals surface area contributed by atoms with Gasteiger partial charge in [-0.15, -0.1) is 0 Å². The summed E-state index contributed by atoms with van der Waals surface area (Å²) in [6, 6.07) is 6.88. The van der Waals surface area contributed by atoms with Crippen LogP contribution < -0.4 is 15.0 Å². The summed E-state index contributed by atoms with van der Waals surface area (Å²) in [6.45, 7) is 7.30. The molecule has 0 amide bonds. The molecular weight excluding hydrogens is 426 g/mol. The summed E-state index contributed by atoms with van der Waals surface area (Å²) in [5.41, 5.74) is 1.92. The molecule has 32 heavy (non-hydrogen) atoms. The van der Waals surface area contributed by atoms with Crippen molar-refractivity contribution in [2.45, 2.75) is 76.3 Å². The number of H-pyrrole nitrogens is 1. The van der Waals surface area contributed by atoms with Crippen molar-refractivity contribution in [2.75, 3.05) is 0 Å². The van der Waals surface area contributed by atoms with Crippen molar-refractivity contribution in [3.8, 4) is 17.0 Å². The van der Waals surface area contributed by atoms with Gasteiger partial charge in [0.25, 0.3) is 5.56 Å². The monoisotopic (exact) mass is 457 g/mol. The molecule has 3 aromatic rings. The van der Waals surface area contributed by atoms with E-state index in [4.69, 9.17) is 4.74 Å². The number of aromatic amines is 1.